The van der Waals surface area contributed by atoms with Crippen LogP contribution in [0, 0.1) is 0 Å². The second-order valence-corrected chi connectivity index (χ2v) is 12.6. The molecule has 0 aliphatic heterocycles. The van der Waals surface area contributed by atoms with Crippen LogP contribution < -0.4 is 0 Å². The number of hydrogen-bond acceptors (Lipinski definition) is 0. The van der Waals surface area contributed by atoms with E-state index in [9.17, 15) is 0 Å². The number of benzene rings is 1. The van der Waals surface area contributed by atoms with Gasteiger partial charge in [-0.2, -0.15) is 0 Å². The van der Waals surface area contributed by atoms with Crippen LogP contribution in [0.15, 0.2) is 54.1 Å². The lowest BCUT2D eigenvalue weighted by Crippen LogP contribution is -2.19. The van der Waals surface area contributed by atoms with E-state index in [1.807, 2.05) is 0 Å². The summed E-state index contributed by atoms with van der Waals surface area (Å²) in [6.45, 7) is 9.63. The van der Waals surface area contributed by atoms with Gasteiger partial charge in [-0.25, -0.2) is 0 Å². The summed E-state index contributed by atoms with van der Waals surface area (Å²) in [5.74, 6) is 0. The zero-order valence-corrected chi connectivity index (χ0v) is 15.4. The van der Waals surface area contributed by atoms with Crippen LogP contribution in [0.25, 0.3) is 0 Å². The van der Waals surface area contributed by atoms with Crippen molar-refractivity contribution in [3.8, 4) is 0 Å². The lowest BCUT2D eigenvalue weighted by molar-refractivity contribution is 0.814. The van der Waals surface area contributed by atoms with Gasteiger partial charge in [-0.05, 0) is 30.9 Å². The molecule has 0 unspecified atom stereocenters. The Balaban J connectivity index is 2.57. The van der Waals surface area contributed by atoms with Gasteiger partial charge in [0.1, 0.15) is 0 Å². The summed E-state index contributed by atoms with van der Waals surface area (Å²) in [5, 5.41) is 0. The lowest BCUT2D eigenvalue weighted by atomic mass is 10.1. The average molecular weight is 301 g/mol. The molecule has 0 saturated carbocycles. The molecule has 116 valence electrons. The minimum atomic E-state index is -1.04. The maximum Gasteiger partial charge on any atom is 0.0486 e. The van der Waals surface area contributed by atoms with E-state index in [0.717, 1.165) is 12.8 Å². The van der Waals surface area contributed by atoms with Gasteiger partial charge in [-0.3, -0.25) is 0 Å². The first kappa shape index (κ1) is 18.0. The van der Waals surface area contributed by atoms with Crippen LogP contribution in [-0.2, 0) is 6.42 Å². The SMILES string of the molecule is CCCC/C=C/C(=C\CCc1ccccc1)C[Si](C)(C)C. The smallest absolute Gasteiger partial charge is 0.0486 e. The van der Waals surface area contributed by atoms with Gasteiger partial charge in [0.15, 0.2) is 0 Å². The van der Waals surface area contributed by atoms with Crippen molar-refractivity contribution >= 4 is 8.07 Å². The van der Waals surface area contributed by atoms with E-state index in [-0.39, 0.29) is 0 Å². The summed E-state index contributed by atoms with van der Waals surface area (Å²) in [4.78, 5) is 0. The van der Waals surface area contributed by atoms with Crippen molar-refractivity contribution in [3.63, 3.8) is 0 Å². The minimum Gasteiger partial charge on any atom is -0.0843 e. The molecule has 1 heteroatoms. The lowest BCUT2D eigenvalue weighted by Gasteiger charge is -2.16. The molecular weight excluding hydrogens is 268 g/mol. The topological polar surface area (TPSA) is 0 Å². The fourth-order valence-corrected chi connectivity index (χ4v) is 3.92. The molecule has 0 saturated heterocycles. The fraction of sp³-hybridized carbons (Fsp3) is 0.500. The van der Waals surface area contributed by atoms with E-state index in [4.69, 9.17) is 0 Å². The third-order valence-electron chi connectivity index (χ3n) is 3.47. The first-order chi connectivity index (χ1) is 10.0. The molecule has 0 aliphatic carbocycles. The summed E-state index contributed by atoms with van der Waals surface area (Å²) in [6.07, 6.45) is 13.3. The third kappa shape index (κ3) is 9.46. The second-order valence-electron chi connectivity index (χ2n) is 7.09. The summed E-state index contributed by atoms with van der Waals surface area (Å²) < 4.78 is 0. The van der Waals surface area contributed by atoms with Crippen molar-refractivity contribution in [2.24, 2.45) is 0 Å². The minimum absolute atomic E-state index is 1.04. The largest absolute Gasteiger partial charge is 0.0843 e. The third-order valence-corrected chi connectivity index (χ3v) is 4.94. The molecule has 21 heavy (non-hydrogen) atoms. The molecule has 0 nitrogen and oxygen atoms in total. The molecule has 0 aromatic heterocycles. The Bertz CT molecular complexity index is 435. The molecule has 0 bridgehead atoms. The van der Waals surface area contributed by atoms with Gasteiger partial charge >= 0.3 is 0 Å². The van der Waals surface area contributed by atoms with Crippen molar-refractivity contribution in [1.29, 1.82) is 0 Å². The van der Waals surface area contributed by atoms with Crippen molar-refractivity contribution in [3.05, 3.63) is 59.7 Å². The first-order valence-corrected chi connectivity index (χ1v) is 12.1. The summed E-state index contributed by atoms with van der Waals surface area (Å²) >= 11 is 0. The van der Waals surface area contributed by atoms with E-state index in [1.165, 1.54) is 30.9 Å². The van der Waals surface area contributed by atoms with Gasteiger partial charge in [0.2, 0.25) is 0 Å². The average Bonchev–Trinajstić information content (AvgIpc) is 2.43. The monoisotopic (exact) mass is 300 g/mol. The molecule has 1 rings (SSSR count). The van der Waals surface area contributed by atoms with Gasteiger partial charge < -0.3 is 0 Å². The molecule has 0 aliphatic rings. The highest BCUT2D eigenvalue weighted by atomic mass is 28.3. The highest BCUT2D eigenvalue weighted by Gasteiger charge is 2.13. The van der Waals surface area contributed by atoms with E-state index in [1.54, 1.807) is 5.57 Å². The van der Waals surface area contributed by atoms with Crippen LogP contribution in [0.4, 0.5) is 0 Å². The Hall–Kier alpha value is -1.08. The van der Waals surface area contributed by atoms with Crippen molar-refractivity contribution < 1.29 is 0 Å². The van der Waals surface area contributed by atoms with E-state index in [2.05, 4.69) is 75.1 Å². The highest BCUT2D eigenvalue weighted by Crippen LogP contribution is 2.19. The summed E-state index contributed by atoms with van der Waals surface area (Å²) in [6, 6.07) is 12.1. The number of rotatable bonds is 9. The maximum atomic E-state index is 2.47. The van der Waals surface area contributed by atoms with Crippen LogP contribution in [0.3, 0.4) is 0 Å². The Morgan fingerprint density at radius 2 is 1.76 bits per heavy atom. The van der Waals surface area contributed by atoms with Gasteiger partial charge in [0, 0.05) is 8.07 Å². The molecule has 0 spiro atoms. The number of hydrogen-bond donors (Lipinski definition) is 0. The van der Waals surface area contributed by atoms with Crippen molar-refractivity contribution in [1.82, 2.24) is 0 Å². The number of unbranched alkanes of at least 4 members (excludes halogenated alkanes) is 2. The van der Waals surface area contributed by atoms with Gasteiger partial charge in [0.05, 0.1) is 0 Å². The Kier molecular flexibility index (Phi) is 8.37. The molecular formula is C20H32Si. The molecule has 0 heterocycles. The van der Waals surface area contributed by atoms with E-state index >= 15 is 0 Å². The molecule has 0 radical (unpaired) electrons. The molecule has 1 aromatic carbocycles. The predicted molar refractivity (Wildman–Crippen MR) is 99.7 cm³/mol. The fourth-order valence-electron chi connectivity index (χ4n) is 2.44. The molecule has 0 N–H and O–H groups in total. The van der Waals surface area contributed by atoms with Crippen LogP contribution in [0.1, 0.15) is 38.2 Å². The molecule has 1 aromatic rings. The quantitative estimate of drug-likeness (QED) is 0.273. The van der Waals surface area contributed by atoms with E-state index < -0.39 is 8.07 Å². The predicted octanol–water partition coefficient (Wildman–Crippen LogP) is 6.63. The highest BCUT2D eigenvalue weighted by molar-refractivity contribution is 6.76. The van der Waals surface area contributed by atoms with Gasteiger partial charge in [0.25, 0.3) is 0 Å². The normalized spacial score (nSPS) is 13.0. The van der Waals surface area contributed by atoms with Crippen LogP contribution in [0.5, 0.6) is 0 Å². The first-order valence-electron chi connectivity index (χ1n) is 8.41. The summed E-state index contributed by atoms with van der Waals surface area (Å²) in [7, 11) is -1.04. The van der Waals surface area contributed by atoms with Gasteiger partial charge in [-0.15, -0.1) is 0 Å². The molecule has 0 amide bonds. The summed E-state index contributed by atoms with van der Waals surface area (Å²) in [5.41, 5.74) is 3.00. The number of allylic oxidation sites excluding steroid dienone is 4. The second kappa shape index (κ2) is 9.78. The van der Waals surface area contributed by atoms with Crippen LogP contribution >= 0.6 is 0 Å². The number of aryl methyl sites for hydroxylation is 1. The Labute approximate surface area is 133 Å². The van der Waals surface area contributed by atoms with Gasteiger partial charge in [-0.1, -0.05) is 93.5 Å². The van der Waals surface area contributed by atoms with Crippen LogP contribution in [-0.4, -0.2) is 8.07 Å². The van der Waals surface area contributed by atoms with Crippen LogP contribution in [0.2, 0.25) is 25.7 Å². The zero-order valence-electron chi connectivity index (χ0n) is 14.4. The van der Waals surface area contributed by atoms with E-state index in [0.29, 0.717) is 0 Å². The molecule has 0 atom stereocenters. The molecule has 0 fully saturated rings. The maximum absolute atomic E-state index is 2.47. The Morgan fingerprint density at radius 3 is 2.38 bits per heavy atom. The van der Waals surface area contributed by atoms with Crippen molar-refractivity contribution in [2.45, 2.75) is 64.7 Å². The van der Waals surface area contributed by atoms with Crippen molar-refractivity contribution in [2.75, 3.05) is 0 Å². The standard InChI is InChI=1S/C20H32Si/c1-5-6-7-9-15-20(18-21(2,3)4)17-12-16-19-13-10-8-11-14-19/h8-11,13-15,17H,5-7,12,16,18H2,1-4H3/b15-9+,20-17+. The Morgan fingerprint density at radius 1 is 1.05 bits per heavy atom. The zero-order chi connectivity index (χ0) is 15.6.